The second-order valence-electron chi connectivity index (χ2n) is 6.15. The molecule has 2 aliphatic rings. The first-order chi connectivity index (χ1) is 11.5. The third-order valence-electron chi connectivity index (χ3n) is 4.50. The van der Waals surface area contributed by atoms with E-state index in [-0.39, 0.29) is 23.3 Å². The maximum atomic E-state index is 13.7. The molecule has 2 heterocycles. The summed E-state index contributed by atoms with van der Waals surface area (Å²) in [6.07, 6.45) is 2.59. The van der Waals surface area contributed by atoms with Crippen molar-refractivity contribution in [1.29, 1.82) is 0 Å². The molecule has 1 saturated heterocycles. The highest BCUT2D eigenvalue weighted by Gasteiger charge is 2.34. The predicted molar refractivity (Wildman–Crippen MR) is 93.9 cm³/mol. The molecule has 0 bridgehead atoms. The van der Waals surface area contributed by atoms with Crippen LogP contribution in [0.2, 0.25) is 10.0 Å². The molecule has 1 fully saturated rings. The van der Waals surface area contributed by atoms with E-state index in [0.29, 0.717) is 10.6 Å². The molecule has 3 rings (SSSR count). The molecule has 24 heavy (non-hydrogen) atoms. The first-order valence-electron chi connectivity index (χ1n) is 8.04. The Kier molecular flexibility index (Phi) is 5.62. The van der Waals surface area contributed by atoms with Crippen LogP contribution >= 0.6 is 23.2 Å². The lowest BCUT2D eigenvalue weighted by molar-refractivity contribution is -0.0546. The molecule has 0 radical (unpaired) electrons. The summed E-state index contributed by atoms with van der Waals surface area (Å²) in [6, 6.07) is 2.95. The topological polar surface area (TPSA) is 62.9 Å². The molecule has 0 amide bonds. The molecule has 0 saturated carbocycles. The van der Waals surface area contributed by atoms with Crippen molar-refractivity contribution in [1.82, 2.24) is 10.3 Å². The van der Waals surface area contributed by atoms with E-state index < -0.39 is 11.9 Å². The number of ether oxygens (including phenoxy) is 1. The summed E-state index contributed by atoms with van der Waals surface area (Å²) in [7, 11) is 0. The Labute approximate surface area is 150 Å². The van der Waals surface area contributed by atoms with Crippen LogP contribution in [0.4, 0.5) is 4.39 Å². The summed E-state index contributed by atoms with van der Waals surface area (Å²) in [5.74, 6) is -0.512. The first kappa shape index (κ1) is 17.9. The van der Waals surface area contributed by atoms with Crippen LogP contribution in [0.25, 0.3) is 0 Å². The summed E-state index contributed by atoms with van der Waals surface area (Å²) in [6.45, 7) is 3.47. The number of nitrogens with two attached hydrogens (primary N) is 1. The van der Waals surface area contributed by atoms with Crippen LogP contribution in [-0.4, -0.2) is 42.6 Å². The van der Waals surface area contributed by atoms with Crippen molar-refractivity contribution in [2.75, 3.05) is 13.1 Å². The number of hydrogen-bond acceptors (Lipinski definition) is 5. The van der Waals surface area contributed by atoms with E-state index in [4.69, 9.17) is 33.7 Å². The Morgan fingerprint density at radius 3 is 2.96 bits per heavy atom. The van der Waals surface area contributed by atoms with Gasteiger partial charge in [0.15, 0.2) is 0 Å². The molecular weight excluding hydrogens is 354 g/mol. The van der Waals surface area contributed by atoms with Gasteiger partial charge in [-0.1, -0.05) is 23.2 Å². The fourth-order valence-electron chi connectivity index (χ4n) is 3.20. The summed E-state index contributed by atoms with van der Waals surface area (Å²) >= 11 is 12.2. The van der Waals surface area contributed by atoms with Crippen LogP contribution in [0.5, 0.6) is 0 Å². The zero-order valence-electron chi connectivity index (χ0n) is 13.4. The lowest BCUT2D eigenvalue weighted by Crippen LogP contribution is -2.59. The molecule has 8 heteroatoms. The minimum absolute atomic E-state index is 0.00645. The van der Waals surface area contributed by atoms with E-state index in [1.54, 1.807) is 6.92 Å². The van der Waals surface area contributed by atoms with Gasteiger partial charge < -0.3 is 10.5 Å². The third-order valence-corrected chi connectivity index (χ3v) is 5.21. The fraction of sp³-hybridized carbons (Fsp3) is 0.562. The fourth-order valence-corrected chi connectivity index (χ4v) is 3.88. The van der Waals surface area contributed by atoms with Crippen LogP contribution < -0.4 is 11.1 Å². The van der Waals surface area contributed by atoms with Crippen molar-refractivity contribution in [3.8, 4) is 0 Å². The largest absolute Gasteiger partial charge is 0.367 e. The Hall–Kier alpha value is -0.920. The van der Waals surface area contributed by atoms with Gasteiger partial charge in [-0.05, 0) is 25.5 Å². The normalized spacial score (nSPS) is 28.4. The predicted octanol–water partition coefficient (Wildman–Crippen LogP) is 2.92. The molecular formula is C16H21Cl2FN4O. The minimum Gasteiger partial charge on any atom is -0.367 e. The Morgan fingerprint density at radius 1 is 1.46 bits per heavy atom. The lowest BCUT2D eigenvalue weighted by atomic mass is 10.0. The molecule has 4 atom stereocenters. The van der Waals surface area contributed by atoms with Crippen molar-refractivity contribution in [2.24, 2.45) is 10.8 Å². The molecule has 0 aliphatic carbocycles. The second-order valence-corrected chi connectivity index (χ2v) is 6.93. The van der Waals surface area contributed by atoms with E-state index in [2.05, 4.69) is 15.4 Å². The number of piperidine rings is 1. The molecule has 1 aromatic carbocycles. The van der Waals surface area contributed by atoms with E-state index >= 15 is 0 Å². The number of benzene rings is 1. The van der Waals surface area contributed by atoms with Gasteiger partial charge in [-0.15, -0.1) is 0 Å². The van der Waals surface area contributed by atoms with Gasteiger partial charge in [-0.2, -0.15) is 5.10 Å². The van der Waals surface area contributed by atoms with Gasteiger partial charge in [-0.3, -0.25) is 10.3 Å². The lowest BCUT2D eigenvalue weighted by Gasteiger charge is -2.39. The summed E-state index contributed by atoms with van der Waals surface area (Å²) in [4.78, 5) is 0. The number of rotatable bonds is 4. The van der Waals surface area contributed by atoms with E-state index in [9.17, 15) is 4.39 Å². The second kappa shape index (κ2) is 7.54. The van der Waals surface area contributed by atoms with Gasteiger partial charge in [0.2, 0.25) is 0 Å². The van der Waals surface area contributed by atoms with Crippen molar-refractivity contribution < 1.29 is 9.13 Å². The zero-order chi connectivity index (χ0) is 17.3. The molecule has 5 nitrogen and oxygen atoms in total. The van der Waals surface area contributed by atoms with Crippen molar-refractivity contribution >= 4 is 29.4 Å². The SMILES string of the molecule is CC(OC1CC(N2CCC=N2)CNC1N)c1c(Cl)ccc(F)c1Cl. The van der Waals surface area contributed by atoms with E-state index in [0.717, 1.165) is 25.9 Å². The van der Waals surface area contributed by atoms with Crippen LogP contribution in [0.15, 0.2) is 17.2 Å². The van der Waals surface area contributed by atoms with Gasteiger partial charge in [0.05, 0.1) is 29.4 Å². The average Bonchev–Trinajstić information content (AvgIpc) is 3.08. The molecule has 0 spiro atoms. The minimum atomic E-state index is -0.512. The standard InChI is InChI=1S/C16H21Cl2FN4O/c1-9(14-11(17)3-4-12(19)15(14)18)24-13-7-10(8-21-16(13)20)23-6-2-5-22-23/h3-5,9-10,13,16,21H,2,6-8,20H2,1H3. The molecule has 1 aromatic rings. The first-order valence-corrected chi connectivity index (χ1v) is 8.80. The number of hydrogen-bond donors (Lipinski definition) is 2. The molecule has 132 valence electrons. The third kappa shape index (κ3) is 3.68. The van der Waals surface area contributed by atoms with E-state index in [1.165, 1.54) is 12.1 Å². The van der Waals surface area contributed by atoms with Gasteiger partial charge in [0.1, 0.15) is 5.82 Å². The van der Waals surface area contributed by atoms with Crippen LogP contribution in [-0.2, 0) is 4.74 Å². The summed E-state index contributed by atoms with van der Waals surface area (Å²) < 4.78 is 19.8. The highest BCUT2D eigenvalue weighted by atomic mass is 35.5. The Bertz CT molecular complexity index is 630. The van der Waals surface area contributed by atoms with Crippen molar-refractivity contribution in [3.63, 3.8) is 0 Å². The number of nitrogens with zero attached hydrogens (tertiary/aromatic N) is 2. The molecule has 0 aromatic heterocycles. The van der Waals surface area contributed by atoms with Gasteiger partial charge in [0, 0.05) is 36.3 Å². The summed E-state index contributed by atoms with van der Waals surface area (Å²) in [5.41, 5.74) is 6.59. The number of nitrogens with one attached hydrogen (secondary N) is 1. The molecule has 2 aliphatic heterocycles. The maximum Gasteiger partial charge on any atom is 0.142 e. The maximum absolute atomic E-state index is 13.7. The van der Waals surface area contributed by atoms with Gasteiger partial charge in [0.25, 0.3) is 0 Å². The average molecular weight is 375 g/mol. The number of hydrazone groups is 1. The van der Waals surface area contributed by atoms with Crippen LogP contribution in [0.1, 0.15) is 31.4 Å². The van der Waals surface area contributed by atoms with Crippen molar-refractivity contribution in [3.05, 3.63) is 33.6 Å². The molecule has 4 unspecified atom stereocenters. The van der Waals surface area contributed by atoms with Gasteiger partial charge >= 0.3 is 0 Å². The smallest absolute Gasteiger partial charge is 0.142 e. The van der Waals surface area contributed by atoms with Crippen LogP contribution in [0.3, 0.4) is 0 Å². The quantitative estimate of drug-likeness (QED) is 0.795. The Balaban J connectivity index is 1.71. The Morgan fingerprint density at radius 2 is 2.25 bits per heavy atom. The van der Waals surface area contributed by atoms with E-state index in [1.807, 2.05) is 6.21 Å². The monoisotopic (exact) mass is 374 g/mol. The van der Waals surface area contributed by atoms with Crippen LogP contribution in [0, 0.1) is 5.82 Å². The highest BCUT2D eigenvalue weighted by molar-refractivity contribution is 6.36. The van der Waals surface area contributed by atoms with Gasteiger partial charge in [-0.25, -0.2) is 4.39 Å². The van der Waals surface area contributed by atoms with Crippen molar-refractivity contribution in [2.45, 2.75) is 44.2 Å². The zero-order valence-corrected chi connectivity index (χ0v) is 14.9. The number of halogens is 3. The highest BCUT2D eigenvalue weighted by Crippen LogP contribution is 2.35. The summed E-state index contributed by atoms with van der Waals surface area (Å²) in [5, 5.41) is 10.1. The molecule has 3 N–H and O–H groups in total.